The third-order valence-electron chi connectivity index (χ3n) is 2.83. The molecule has 0 radical (unpaired) electrons. The Morgan fingerprint density at radius 2 is 2.41 bits per heavy atom. The van der Waals surface area contributed by atoms with Gasteiger partial charge in [0.2, 0.25) is 0 Å². The molecule has 2 rings (SSSR count). The summed E-state index contributed by atoms with van der Waals surface area (Å²) in [6.07, 6.45) is 3.18. The van der Waals surface area contributed by atoms with Crippen molar-refractivity contribution in [3.63, 3.8) is 0 Å². The normalized spacial score (nSPS) is 21.0. The molecular formula is C11H19N3O3. The van der Waals surface area contributed by atoms with Crippen molar-refractivity contribution < 1.29 is 14.2 Å². The Morgan fingerprint density at radius 1 is 1.59 bits per heavy atom. The highest BCUT2D eigenvalue weighted by molar-refractivity contribution is 5.01. The monoisotopic (exact) mass is 241 g/mol. The first-order valence-electron chi connectivity index (χ1n) is 5.72. The number of methoxy groups -OCH3 is 2. The highest BCUT2D eigenvalue weighted by Gasteiger charge is 2.18. The first kappa shape index (κ1) is 12.5. The van der Waals surface area contributed by atoms with Crippen molar-refractivity contribution in [1.29, 1.82) is 0 Å². The average molecular weight is 241 g/mol. The quantitative estimate of drug-likeness (QED) is 0.744. The molecule has 0 aromatic carbocycles. The molecule has 0 saturated carbocycles. The van der Waals surface area contributed by atoms with Crippen LogP contribution in [0.1, 0.15) is 12.0 Å². The minimum atomic E-state index is -0.373. The average Bonchev–Trinajstić information content (AvgIpc) is 2.81. The van der Waals surface area contributed by atoms with E-state index in [0.29, 0.717) is 6.04 Å². The topological polar surface area (TPSA) is 57.5 Å². The Labute approximate surface area is 101 Å². The second-order valence-corrected chi connectivity index (χ2v) is 4.00. The number of hydrogen-bond donors (Lipinski definition) is 1. The van der Waals surface area contributed by atoms with Crippen LogP contribution in [0.3, 0.4) is 0 Å². The van der Waals surface area contributed by atoms with Gasteiger partial charge in [0, 0.05) is 33.4 Å². The van der Waals surface area contributed by atoms with Gasteiger partial charge in [-0.3, -0.25) is 0 Å². The van der Waals surface area contributed by atoms with Gasteiger partial charge < -0.3 is 24.1 Å². The van der Waals surface area contributed by atoms with Crippen molar-refractivity contribution in [1.82, 2.24) is 14.9 Å². The third-order valence-corrected chi connectivity index (χ3v) is 2.83. The van der Waals surface area contributed by atoms with Gasteiger partial charge in [-0.25, -0.2) is 4.98 Å². The van der Waals surface area contributed by atoms with Gasteiger partial charge in [0.05, 0.1) is 31.4 Å². The summed E-state index contributed by atoms with van der Waals surface area (Å²) in [6, 6.07) is 0.311. The number of aromatic nitrogens is 2. The van der Waals surface area contributed by atoms with Crippen LogP contribution in [0.5, 0.6) is 0 Å². The van der Waals surface area contributed by atoms with E-state index in [-0.39, 0.29) is 6.29 Å². The van der Waals surface area contributed by atoms with Crippen LogP contribution in [-0.2, 0) is 20.8 Å². The zero-order valence-corrected chi connectivity index (χ0v) is 10.3. The summed E-state index contributed by atoms with van der Waals surface area (Å²) < 4.78 is 17.9. The van der Waals surface area contributed by atoms with Crippen molar-refractivity contribution in [2.75, 3.05) is 34.0 Å². The molecule has 0 spiro atoms. The van der Waals surface area contributed by atoms with Gasteiger partial charge in [-0.1, -0.05) is 0 Å². The summed E-state index contributed by atoms with van der Waals surface area (Å²) in [7, 11) is 3.24. The Hall–Kier alpha value is -0.950. The molecule has 6 heteroatoms. The van der Waals surface area contributed by atoms with Crippen LogP contribution < -0.4 is 5.32 Å². The highest BCUT2D eigenvalue weighted by Crippen LogP contribution is 2.17. The van der Waals surface area contributed by atoms with Gasteiger partial charge >= 0.3 is 0 Å². The number of nitrogens with zero attached hydrogens (tertiary/aromatic N) is 2. The van der Waals surface area contributed by atoms with Gasteiger partial charge in [-0.15, -0.1) is 0 Å². The summed E-state index contributed by atoms with van der Waals surface area (Å²) in [6.45, 7) is 3.21. The molecule has 2 heterocycles. The molecule has 1 aromatic heterocycles. The van der Waals surface area contributed by atoms with E-state index in [1.54, 1.807) is 26.7 Å². The zero-order chi connectivity index (χ0) is 12.1. The maximum atomic E-state index is 5.43. The van der Waals surface area contributed by atoms with Crippen LogP contribution in [0.4, 0.5) is 0 Å². The molecule has 6 nitrogen and oxygen atoms in total. The Balaban J connectivity index is 2.02. The minimum absolute atomic E-state index is 0.311. The molecule has 0 amide bonds. The van der Waals surface area contributed by atoms with E-state index in [1.165, 1.54) is 0 Å². The standard InChI is InChI=1S/C11H19N3O3/c1-15-11(16-2)10-5-12-8-14(10)6-9-7-17-4-3-13-9/h5,8-9,11,13H,3-4,6-7H2,1-2H3. The van der Waals surface area contributed by atoms with Crippen molar-refractivity contribution in [2.24, 2.45) is 0 Å². The van der Waals surface area contributed by atoms with Crippen molar-refractivity contribution >= 4 is 0 Å². The van der Waals surface area contributed by atoms with E-state index in [2.05, 4.69) is 10.3 Å². The molecule has 1 fully saturated rings. The Bertz CT molecular complexity index is 332. The van der Waals surface area contributed by atoms with Crippen molar-refractivity contribution in [3.8, 4) is 0 Å². The van der Waals surface area contributed by atoms with Crippen LogP contribution in [0.2, 0.25) is 0 Å². The second-order valence-electron chi connectivity index (χ2n) is 4.00. The Kier molecular flexibility index (Phi) is 4.49. The summed E-state index contributed by atoms with van der Waals surface area (Å²) in [5.74, 6) is 0. The molecule has 1 unspecified atom stereocenters. The molecule has 1 atom stereocenters. The van der Waals surface area contributed by atoms with Gasteiger partial charge in [-0.2, -0.15) is 0 Å². The number of rotatable bonds is 5. The second kappa shape index (κ2) is 6.11. The van der Waals surface area contributed by atoms with Gasteiger partial charge in [0.25, 0.3) is 0 Å². The fourth-order valence-electron chi connectivity index (χ4n) is 1.99. The SMILES string of the molecule is COC(OC)c1cncn1CC1COCCN1. The molecule has 96 valence electrons. The molecule has 1 aliphatic heterocycles. The van der Waals surface area contributed by atoms with E-state index in [9.17, 15) is 0 Å². The molecule has 1 aliphatic rings. The molecule has 17 heavy (non-hydrogen) atoms. The number of hydrogen-bond acceptors (Lipinski definition) is 5. The molecule has 0 aliphatic carbocycles. The lowest BCUT2D eigenvalue weighted by molar-refractivity contribution is -0.110. The smallest absolute Gasteiger partial charge is 0.200 e. The van der Waals surface area contributed by atoms with Crippen molar-refractivity contribution in [2.45, 2.75) is 18.9 Å². The van der Waals surface area contributed by atoms with Crippen LogP contribution in [0, 0.1) is 0 Å². The lowest BCUT2D eigenvalue weighted by atomic mass is 10.2. The number of ether oxygens (including phenoxy) is 3. The van der Waals surface area contributed by atoms with Crippen molar-refractivity contribution in [3.05, 3.63) is 18.2 Å². The van der Waals surface area contributed by atoms with E-state index in [0.717, 1.165) is 32.0 Å². The summed E-state index contributed by atoms with van der Waals surface area (Å²) in [5, 5.41) is 3.40. The first-order valence-corrected chi connectivity index (χ1v) is 5.72. The van der Waals surface area contributed by atoms with Gasteiger partial charge in [0.15, 0.2) is 6.29 Å². The van der Waals surface area contributed by atoms with E-state index in [1.807, 2.05) is 4.57 Å². The lowest BCUT2D eigenvalue weighted by Crippen LogP contribution is -2.44. The molecular weight excluding hydrogens is 222 g/mol. The van der Waals surface area contributed by atoms with E-state index < -0.39 is 0 Å². The molecule has 1 N–H and O–H groups in total. The van der Waals surface area contributed by atoms with Gasteiger partial charge in [0.1, 0.15) is 0 Å². The largest absolute Gasteiger partial charge is 0.378 e. The van der Waals surface area contributed by atoms with E-state index in [4.69, 9.17) is 14.2 Å². The molecule has 1 aromatic rings. The first-order chi connectivity index (χ1) is 8.35. The predicted molar refractivity (Wildman–Crippen MR) is 61.6 cm³/mol. The van der Waals surface area contributed by atoms with Gasteiger partial charge in [-0.05, 0) is 0 Å². The highest BCUT2D eigenvalue weighted by atomic mass is 16.7. The van der Waals surface area contributed by atoms with E-state index >= 15 is 0 Å². The minimum Gasteiger partial charge on any atom is -0.378 e. The van der Waals surface area contributed by atoms with Crippen LogP contribution >= 0.6 is 0 Å². The van der Waals surface area contributed by atoms with Crippen LogP contribution in [-0.4, -0.2) is 49.6 Å². The Morgan fingerprint density at radius 3 is 3.06 bits per heavy atom. The third kappa shape index (κ3) is 3.04. The molecule has 0 bridgehead atoms. The van der Waals surface area contributed by atoms with Crippen LogP contribution in [0.25, 0.3) is 0 Å². The zero-order valence-electron chi connectivity index (χ0n) is 10.3. The molecule has 1 saturated heterocycles. The summed E-state index contributed by atoms with van der Waals surface area (Å²) in [4.78, 5) is 4.14. The summed E-state index contributed by atoms with van der Waals surface area (Å²) in [5.41, 5.74) is 0.919. The maximum Gasteiger partial charge on any atom is 0.200 e. The van der Waals surface area contributed by atoms with Crippen LogP contribution in [0.15, 0.2) is 12.5 Å². The predicted octanol–water partition coefficient (Wildman–Crippen LogP) is 0.163. The summed E-state index contributed by atoms with van der Waals surface area (Å²) >= 11 is 0. The fraction of sp³-hybridized carbons (Fsp3) is 0.727. The number of imidazole rings is 1. The number of nitrogens with one attached hydrogen (secondary N) is 1. The number of morpholine rings is 1. The lowest BCUT2D eigenvalue weighted by Gasteiger charge is -2.25. The maximum absolute atomic E-state index is 5.43. The fourth-order valence-corrected chi connectivity index (χ4v) is 1.99.